The molecule has 2 rings (SSSR count). The zero-order valence-corrected chi connectivity index (χ0v) is 15.2. The molecule has 1 aliphatic heterocycles. The molecule has 0 aliphatic carbocycles. The highest BCUT2D eigenvalue weighted by molar-refractivity contribution is 6.30. The first-order valence-electron chi connectivity index (χ1n) is 7.84. The average Bonchev–Trinajstić information content (AvgIpc) is 2.52. The molecule has 0 spiro atoms. The van der Waals surface area contributed by atoms with E-state index in [0.29, 0.717) is 12.4 Å². The van der Waals surface area contributed by atoms with Crippen molar-refractivity contribution in [1.29, 1.82) is 5.26 Å². The van der Waals surface area contributed by atoms with Crippen LogP contribution in [0.4, 0.5) is 10.6 Å². The molecule has 0 saturated carbocycles. The van der Waals surface area contributed by atoms with Crippen molar-refractivity contribution < 1.29 is 9.53 Å². The van der Waals surface area contributed by atoms with Crippen molar-refractivity contribution in [3.8, 4) is 6.07 Å². The average molecular weight is 352 g/mol. The van der Waals surface area contributed by atoms with E-state index >= 15 is 0 Å². The number of nitriles is 1. The van der Waals surface area contributed by atoms with Crippen molar-refractivity contribution in [3.05, 3.63) is 17.0 Å². The third-order valence-electron chi connectivity index (χ3n) is 3.77. The maximum atomic E-state index is 12.2. The summed E-state index contributed by atoms with van der Waals surface area (Å²) >= 11 is 5.96. The van der Waals surface area contributed by atoms with Gasteiger partial charge in [-0.25, -0.2) is 14.8 Å². The van der Waals surface area contributed by atoms with Gasteiger partial charge in [0.1, 0.15) is 17.5 Å². The van der Waals surface area contributed by atoms with Crippen LogP contribution in [0.25, 0.3) is 0 Å². The number of ether oxygens (including phenoxy) is 1. The molecule has 24 heavy (non-hydrogen) atoms. The van der Waals surface area contributed by atoms with E-state index in [9.17, 15) is 4.79 Å². The molecule has 2 heterocycles. The number of amides is 1. The second kappa shape index (κ2) is 7.22. The van der Waals surface area contributed by atoms with Crippen molar-refractivity contribution in [1.82, 2.24) is 14.9 Å². The van der Waals surface area contributed by atoms with Crippen LogP contribution in [0, 0.1) is 11.3 Å². The molecule has 1 saturated heterocycles. The van der Waals surface area contributed by atoms with Crippen LogP contribution in [-0.2, 0) is 4.74 Å². The van der Waals surface area contributed by atoms with Gasteiger partial charge in [-0.3, -0.25) is 0 Å². The highest BCUT2D eigenvalue weighted by Gasteiger charge is 2.29. The number of anilines is 1. The normalized spacial score (nSPS) is 18.0. The van der Waals surface area contributed by atoms with Crippen molar-refractivity contribution in [2.24, 2.45) is 0 Å². The van der Waals surface area contributed by atoms with Gasteiger partial charge in [0.05, 0.1) is 12.2 Å². The monoisotopic (exact) mass is 351 g/mol. The molecule has 0 radical (unpaired) electrons. The van der Waals surface area contributed by atoms with E-state index in [-0.39, 0.29) is 23.0 Å². The SMILES string of the molecule is CN(C(=O)OC(C)(C)C)C1CCCN(c2cnc(C#N)c(Cl)n2)C1. The van der Waals surface area contributed by atoms with E-state index in [1.807, 2.05) is 31.7 Å². The van der Waals surface area contributed by atoms with E-state index in [4.69, 9.17) is 21.6 Å². The zero-order chi connectivity index (χ0) is 17.9. The van der Waals surface area contributed by atoms with Crippen molar-refractivity contribution in [3.63, 3.8) is 0 Å². The van der Waals surface area contributed by atoms with Gasteiger partial charge in [-0.2, -0.15) is 5.26 Å². The quantitative estimate of drug-likeness (QED) is 0.814. The van der Waals surface area contributed by atoms with Gasteiger partial charge >= 0.3 is 6.09 Å². The largest absolute Gasteiger partial charge is 0.444 e. The number of hydrogen-bond donors (Lipinski definition) is 0. The van der Waals surface area contributed by atoms with Crippen LogP contribution >= 0.6 is 11.6 Å². The van der Waals surface area contributed by atoms with Crippen LogP contribution in [0.15, 0.2) is 6.20 Å². The van der Waals surface area contributed by atoms with E-state index in [2.05, 4.69) is 9.97 Å². The molecule has 1 aromatic heterocycles. The first kappa shape index (κ1) is 18.3. The smallest absolute Gasteiger partial charge is 0.410 e. The van der Waals surface area contributed by atoms with Gasteiger partial charge in [-0.05, 0) is 33.6 Å². The Labute approximate surface area is 147 Å². The number of hydrogen-bond acceptors (Lipinski definition) is 6. The summed E-state index contributed by atoms with van der Waals surface area (Å²) in [6.45, 7) is 6.96. The summed E-state index contributed by atoms with van der Waals surface area (Å²) in [6, 6.07) is 1.91. The number of piperidine rings is 1. The predicted molar refractivity (Wildman–Crippen MR) is 91.0 cm³/mol. The lowest BCUT2D eigenvalue weighted by molar-refractivity contribution is 0.0209. The Morgan fingerprint density at radius 2 is 2.25 bits per heavy atom. The molecule has 7 nitrogen and oxygen atoms in total. The Balaban J connectivity index is 2.07. The first-order chi connectivity index (χ1) is 11.2. The third-order valence-corrected chi connectivity index (χ3v) is 4.04. The van der Waals surface area contributed by atoms with Gasteiger partial charge in [0.25, 0.3) is 0 Å². The van der Waals surface area contributed by atoms with Gasteiger partial charge < -0.3 is 14.5 Å². The van der Waals surface area contributed by atoms with Crippen molar-refractivity contribution in [2.75, 3.05) is 25.0 Å². The molecule has 1 aromatic rings. The highest BCUT2D eigenvalue weighted by atomic mass is 35.5. The van der Waals surface area contributed by atoms with Gasteiger partial charge in [0.15, 0.2) is 10.8 Å². The van der Waals surface area contributed by atoms with E-state index in [1.54, 1.807) is 18.1 Å². The minimum absolute atomic E-state index is 0.0184. The van der Waals surface area contributed by atoms with Crippen LogP contribution in [-0.4, -0.2) is 52.7 Å². The Morgan fingerprint density at radius 3 is 2.83 bits per heavy atom. The van der Waals surface area contributed by atoms with Crippen LogP contribution in [0.3, 0.4) is 0 Å². The number of rotatable bonds is 2. The molecule has 0 aromatic carbocycles. The first-order valence-corrected chi connectivity index (χ1v) is 8.22. The minimum Gasteiger partial charge on any atom is -0.444 e. The standard InChI is InChI=1S/C16H22ClN5O2/c1-16(2,3)24-15(23)21(4)11-6-5-7-22(10-11)13-9-19-12(8-18)14(17)20-13/h9,11H,5-7,10H2,1-4H3. The summed E-state index contributed by atoms with van der Waals surface area (Å²) in [5.74, 6) is 0.612. The molecular weight excluding hydrogens is 330 g/mol. The molecule has 1 atom stereocenters. The van der Waals surface area contributed by atoms with Crippen LogP contribution in [0.1, 0.15) is 39.3 Å². The van der Waals surface area contributed by atoms with Crippen LogP contribution in [0.5, 0.6) is 0 Å². The lowest BCUT2D eigenvalue weighted by Crippen LogP contribution is -2.50. The van der Waals surface area contributed by atoms with Gasteiger partial charge in [-0.1, -0.05) is 11.6 Å². The predicted octanol–water partition coefficient (Wildman–Crippen LogP) is 2.84. The summed E-state index contributed by atoms with van der Waals surface area (Å²) in [4.78, 5) is 24.2. The highest BCUT2D eigenvalue weighted by Crippen LogP contribution is 2.23. The summed E-state index contributed by atoms with van der Waals surface area (Å²) in [5, 5.41) is 8.97. The van der Waals surface area contributed by atoms with Gasteiger partial charge in [0, 0.05) is 20.1 Å². The second-order valence-corrected chi connectivity index (χ2v) is 7.17. The Kier molecular flexibility index (Phi) is 5.50. The Hall–Kier alpha value is -2.07. The van der Waals surface area contributed by atoms with Gasteiger partial charge in [-0.15, -0.1) is 0 Å². The molecule has 130 valence electrons. The summed E-state index contributed by atoms with van der Waals surface area (Å²) < 4.78 is 5.43. The third kappa shape index (κ3) is 4.48. The van der Waals surface area contributed by atoms with Crippen molar-refractivity contribution >= 4 is 23.5 Å². The number of carbonyl (C=O) groups excluding carboxylic acids is 1. The Bertz CT molecular complexity index is 653. The topological polar surface area (TPSA) is 82.4 Å². The Morgan fingerprint density at radius 1 is 1.54 bits per heavy atom. The lowest BCUT2D eigenvalue weighted by Gasteiger charge is -2.38. The zero-order valence-electron chi connectivity index (χ0n) is 14.4. The molecule has 1 unspecified atom stereocenters. The molecule has 1 fully saturated rings. The minimum atomic E-state index is -0.522. The molecule has 0 bridgehead atoms. The summed E-state index contributed by atoms with van der Waals surface area (Å²) in [5.41, 5.74) is -0.411. The van der Waals surface area contributed by atoms with Crippen molar-refractivity contribution in [2.45, 2.75) is 45.3 Å². The van der Waals surface area contributed by atoms with Crippen LogP contribution < -0.4 is 4.90 Å². The van der Waals surface area contributed by atoms with E-state index in [1.165, 1.54) is 0 Å². The number of nitrogens with zero attached hydrogens (tertiary/aromatic N) is 5. The molecular formula is C16H22ClN5O2. The molecule has 0 N–H and O–H groups in total. The second-order valence-electron chi connectivity index (χ2n) is 6.81. The maximum Gasteiger partial charge on any atom is 0.410 e. The summed E-state index contributed by atoms with van der Waals surface area (Å²) in [7, 11) is 1.75. The van der Waals surface area contributed by atoms with E-state index < -0.39 is 5.60 Å². The molecule has 8 heteroatoms. The van der Waals surface area contributed by atoms with Gasteiger partial charge in [0.2, 0.25) is 0 Å². The fourth-order valence-corrected chi connectivity index (χ4v) is 2.72. The fourth-order valence-electron chi connectivity index (χ4n) is 2.55. The number of aromatic nitrogens is 2. The number of likely N-dealkylation sites (N-methyl/N-ethyl adjacent to an activating group) is 1. The summed E-state index contributed by atoms with van der Waals surface area (Å²) in [6.07, 6.45) is 3.01. The lowest BCUT2D eigenvalue weighted by atomic mass is 10.0. The number of halogens is 1. The fraction of sp³-hybridized carbons (Fsp3) is 0.625. The van der Waals surface area contributed by atoms with Crippen LogP contribution in [0.2, 0.25) is 5.15 Å². The molecule has 1 aliphatic rings. The van der Waals surface area contributed by atoms with E-state index in [0.717, 1.165) is 19.4 Å². The number of carbonyl (C=O) groups is 1. The molecule has 1 amide bonds. The maximum absolute atomic E-state index is 12.2.